The molecule has 2 aromatic rings. The number of hydrogen-bond donors (Lipinski definition) is 1. The highest BCUT2D eigenvalue weighted by Gasteiger charge is 2.02. The average Bonchev–Trinajstić information content (AvgIpc) is 2.89. The summed E-state index contributed by atoms with van der Waals surface area (Å²) in [6, 6.07) is 8.41. The van der Waals surface area contributed by atoms with Crippen molar-refractivity contribution < 1.29 is 19.2 Å². The number of hydrogen-bond acceptors (Lipinski definition) is 4. The van der Waals surface area contributed by atoms with Crippen LogP contribution in [0.2, 0.25) is 0 Å². The highest BCUT2D eigenvalue weighted by atomic mass is 16.5. The number of unbranched alkanes of at least 4 members (excludes halogenated alkanes) is 2. The molecule has 0 radical (unpaired) electrons. The van der Waals surface area contributed by atoms with Gasteiger partial charge in [-0.3, -0.25) is 0 Å². The van der Waals surface area contributed by atoms with Crippen LogP contribution in [0.5, 0.6) is 5.75 Å². The Morgan fingerprint density at radius 1 is 1.24 bits per heavy atom. The second-order valence-corrected chi connectivity index (χ2v) is 4.92. The summed E-state index contributed by atoms with van der Waals surface area (Å²) in [5.41, 5.74) is 1.18. The van der Waals surface area contributed by atoms with Crippen LogP contribution >= 0.6 is 0 Å². The fourth-order valence-electron chi connectivity index (χ4n) is 2.00. The van der Waals surface area contributed by atoms with E-state index >= 15 is 0 Å². The summed E-state index contributed by atoms with van der Waals surface area (Å²) in [7, 11) is 0. The van der Waals surface area contributed by atoms with E-state index in [9.17, 15) is 4.79 Å². The van der Waals surface area contributed by atoms with Gasteiger partial charge in [0.15, 0.2) is 0 Å². The van der Waals surface area contributed by atoms with Crippen LogP contribution in [-0.4, -0.2) is 22.8 Å². The van der Waals surface area contributed by atoms with Gasteiger partial charge in [-0.05, 0) is 50.5 Å². The number of aromatic nitrogens is 1. The second-order valence-electron chi connectivity index (χ2n) is 4.92. The fraction of sp³-hybridized carbons (Fsp3) is 0.375. The first kappa shape index (κ1) is 15.1. The van der Waals surface area contributed by atoms with E-state index in [4.69, 9.17) is 14.4 Å². The number of carboxylic acid groups (broad SMARTS) is 1. The van der Waals surface area contributed by atoms with Crippen molar-refractivity contribution in [1.29, 1.82) is 0 Å². The molecule has 5 heteroatoms. The Morgan fingerprint density at radius 2 is 2.00 bits per heavy atom. The maximum atomic E-state index is 10.7. The van der Waals surface area contributed by atoms with Crippen LogP contribution in [0.25, 0.3) is 0 Å². The number of aromatic carboxylic acids is 1. The Bertz CT molecular complexity index is 574. The van der Waals surface area contributed by atoms with Crippen LogP contribution in [0, 0.1) is 6.92 Å². The van der Waals surface area contributed by atoms with Crippen molar-refractivity contribution in [3.63, 3.8) is 0 Å². The first-order valence-electron chi connectivity index (χ1n) is 7.03. The van der Waals surface area contributed by atoms with Crippen molar-refractivity contribution in [2.45, 2.75) is 32.6 Å². The molecule has 0 unspecified atom stereocenters. The number of rotatable bonds is 8. The van der Waals surface area contributed by atoms with Gasteiger partial charge in [0, 0.05) is 12.5 Å². The smallest absolute Gasteiger partial charge is 0.335 e. The molecule has 0 aliphatic carbocycles. The van der Waals surface area contributed by atoms with Gasteiger partial charge in [0.25, 0.3) is 0 Å². The van der Waals surface area contributed by atoms with Gasteiger partial charge >= 0.3 is 5.97 Å². The molecule has 0 spiro atoms. The molecule has 112 valence electrons. The van der Waals surface area contributed by atoms with Gasteiger partial charge in [-0.2, -0.15) is 0 Å². The molecule has 21 heavy (non-hydrogen) atoms. The van der Waals surface area contributed by atoms with Gasteiger partial charge in [0.05, 0.1) is 17.9 Å². The number of aryl methyl sites for hydroxylation is 2. The molecule has 0 bridgehead atoms. The third-order valence-corrected chi connectivity index (χ3v) is 3.11. The summed E-state index contributed by atoms with van der Waals surface area (Å²) in [6.45, 7) is 2.54. The van der Waals surface area contributed by atoms with Crippen molar-refractivity contribution in [3.05, 3.63) is 47.3 Å². The number of ether oxygens (including phenoxy) is 1. The zero-order valence-electron chi connectivity index (χ0n) is 12.0. The molecule has 1 heterocycles. The molecule has 0 atom stereocenters. The second kappa shape index (κ2) is 7.47. The van der Waals surface area contributed by atoms with Gasteiger partial charge in [0.2, 0.25) is 0 Å². The largest absolute Gasteiger partial charge is 0.494 e. The SMILES string of the molecule is Cc1cc(CCCCCOc2ccc(C(=O)O)cc2)on1. The van der Waals surface area contributed by atoms with Crippen LogP contribution in [-0.2, 0) is 6.42 Å². The van der Waals surface area contributed by atoms with Gasteiger partial charge in [-0.1, -0.05) is 5.16 Å². The van der Waals surface area contributed by atoms with Crippen molar-refractivity contribution in [3.8, 4) is 5.75 Å². The lowest BCUT2D eigenvalue weighted by Crippen LogP contribution is -1.99. The molecule has 0 aliphatic rings. The van der Waals surface area contributed by atoms with Crippen LogP contribution in [0.3, 0.4) is 0 Å². The summed E-state index contributed by atoms with van der Waals surface area (Å²) in [6.07, 6.45) is 3.94. The van der Waals surface area contributed by atoms with Crippen molar-refractivity contribution >= 4 is 5.97 Å². The molecule has 1 aromatic heterocycles. The fourth-order valence-corrected chi connectivity index (χ4v) is 2.00. The van der Waals surface area contributed by atoms with E-state index in [1.54, 1.807) is 24.3 Å². The average molecular weight is 289 g/mol. The monoisotopic (exact) mass is 289 g/mol. The summed E-state index contributed by atoms with van der Waals surface area (Å²) >= 11 is 0. The van der Waals surface area contributed by atoms with E-state index in [0.717, 1.165) is 37.1 Å². The molecule has 0 saturated heterocycles. The normalized spacial score (nSPS) is 10.5. The van der Waals surface area contributed by atoms with E-state index < -0.39 is 5.97 Å². The first-order valence-corrected chi connectivity index (χ1v) is 7.03. The summed E-state index contributed by atoms with van der Waals surface area (Å²) in [5, 5.41) is 12.6. The Labute approximate surface area is 123 Å². The maximum absolute atomic E-state index is 10.7. The molecule has 5 nitrogen and oxygen atoms in total. The van der Waals surface area contributed by atoms with E-state index in [0.29, 0.717) is 12.4 Å². The van der Waals surface area contributed by atoms with Gasteiger partial charge < -0.3 is 14.4 Å². The lowest BCUT2D eigenvalue weighted by molar-refractivity contribution is 0.0697. The standard InChI is InChI=1S/C16H19NO4/c1-12-11-15(21-17-12)5-3-2-4-10-20-14-8-6-13(7-9-14)16(18)19/h6-9,11H,2-5,10H2,1H3,(H,18,19). The third kappa shape index (κ3) is 4.95. The Morgan fingerprint density at radius 3 is 2.62 bits per heavy atom. The van der Waals surface area contributed by atoms with Crippen LogP contribution < -0.4 is 4.74 Å². The zero-order chi connectivity index (χ0) is 15.1. The lowest BCUT2D eigenvalue weighted by Gasteiger charge is -2.06. The van der Waals surface area contributed by atoms with Crippen molar-refractivity contribution in [1.82, 2.24) is 5.16 Å². The molecular weight excluding hydrogens is 270 g/mol. The highest BCUT2D eigenvalue weighted by Crippen LogP contribution is 2.13. The first-order chi connectivity index (χ1) is 10.1. The molecular formula is C16H19NO4. The minimum Gasteiger partial charge on any atom is -0.494 e. The number of carboxylic acids is 1. The van der Waals surface area contributed by atoms with E-state index in [-0.39, 0.29) is 5.56 Å². The Kier molecular flexibility index (Phi) is 5.37. The molecule has 0 fully saturated rings. The van der Waals surface area contributed by atoms with Gasteiger partial charge in [0.1, 0.15) is 11.5 Å². The van der Waals surface area contributed by atoms with Crippen molar-refractivity contribution in [2.24, 2.45) is 0 Å². The third-order valence-electron chi connectivity index (χ3n) is 3.11. The number of nitrogens with zero attached hydrogens (tertiary/aromatic N) is 1. The summed E-state index contributed by atoms with van der Waals surface area (Å²) in [5.74, 6) is 0.702. The zero-order valence-corrected chi connectivity index (χ0v) is 12.0. The Balaban J connectivity index is 1.60. The molecule has 0 saturated carbocycles. The minimum atomic E-state index is -0.927. The molecule has 1 aromatic carbocycles. The van der Waals surface area contributed by atoms with Crippen LogP contribution in [0.15, 0.2) is 34.9 Å². The van der Waals surface area contributed by atoms with Crippen LogP contribution in [0.1, 0.15) is 41.1 Å². The predicted octanol–water partition coefficient (Wildman–Crippen LogP) is 3.47. The minimum absolute atomic E-state index is 0.268. The Hall–Kier alpha value is -2.30. The van der Waals surface area contributed by atoms with Gasteiger partial charge in [-0.15, -0.1) is 0 Å². The summed E-state index contributed by atoms with van der Waals surface area (Å²) in [4.78, 5) is 10.7. The molecule has 1 N–H and O–H groups in total. The lowest BCUT2D eigenvalue weighted by atomic mass is 10.1. The number of carbonyl (C=O) groups is 1. The highest BCUT2D eigenvalue weighted by molar-refractivity contribution is 5.87. The molecule has 0 amide bonds. The van der Waals surface area contributed by atoms with E-state index in [2.05, 4.69) is 5.16 Å². The van der Waals surface area contributed by atoms with E-state index in [1.807, 2.05) is 13.0 Å². The quantitative estimate of drug-likeness (QED) is 0.753. The van der Waals surface area contributed by atoms with Crippen molar-refractivity contribution in [2.75, 3.05) is 6.61 Å². The van der Waals surface area contributed by atoms with E-state index in [1.165, 1.54) is 0 Å². The van der Waals surface area contributed by atoms with Crippen LogP contribution in [0.4, 0.5) is 0 Å². The topological polar surface area (TPSA) is 72.6 Å². The number of benzene rings is 1. The molecule has 2 rings (SSSR count). The maximum Gasteiger partial charge on any atom is 0.335 e. The van der Waals surface area contributed by atoms with Gasteiger partial charge in [-0.25, -0.2) is 4.79 Å². The summed E-state index contributed by atoms with van der Waals surface area (Å²) < 4.78 is 10.7. The molecule has 0 aliphatic heterocycles. The predicted molar refractivity (Wildman–Crippen MR) is 77.7 cm³/mol.